The Kier molecular flexibility index (Phi) is 4.38. The van der Waals surface area contributed by atoms with Gasteiger partial charge in [-0.25, -0.2) is 0 Å². The molecule has 4 heteroatoms. The summed E-state index contributed by atoms with van der Waals surface area (Å²) in [6.07, 6.45) is 7.06. The molecule has 1 saturated carbocycles. The Bertz CT molecular complexity index is 251. The van der Waals surface area contributed by atoms with Crippen LogP contribution in [0.5, 0.6) is 0 Å². The molecular weight excluding hydrogens is 200 g/mol. The van der Waals surface area contributed by atoms with Crippen molar-refractivity contribution in [1.29, 1.82) is 0 Å². The Morgan fingerprint density at radius 2 is 1.64 bits per heavy atom. The summed E-state index contributed by atoms with van der Waals surface area (Å²) in [5, 5.41) is 0. The van der Waals surface area contributed by atoms with E-state index in [0.717, 1.165) is 25.0 Å². The lowest BCUT2D eigenvalue weighted by Gasteiger charge is -2.27. The smallest absolute Gasteiger partial charge is 0.264 e. The fourth-order valence-electron chi connectivity index (χ4n) is 2.03. The van der Waals surface area contributed by atoms with Crippen molar-refractivity contribution in [2.45, 2.75) is 39.0 Å². The second-order valence-electron chi connectivity index (χ2n) is 4.28. The lowest BCUT2D eigenvalue weighted by atomic mass is 9.81. The topological polar surface area (TPSA) is 43.4 Å². The first-order chi connectivity index (χ1) is 6.51. The second-order valence-corrected chi connectivity index (χ2v) is 5.93. The van der Waals surface area contributed by atoms with Gasteiger partial charge in [0.2, 0.25) is 0 Å². The molecule has 0 aliphatic heterocycles. The van der Waals surface area contributed by atoms with Gasteiger partial charge in [0.05, 0.1) is 12.9 Å². The molecule has 1 rings (SSSR count). The van der Waals surface area contributed by atoms with Crippen molar-refractivity contribution >= 4 is 10.1 Å². The van der Waals surface area contributed by atoms with Crippen molar-refractivity contribution in [3.63, 3.8) is 0 Å². The van der Waals surface area contributed by atoms with Crippen molar-refractivity contribution in [1.82, 2.24) is 0 Å². The first kappa shape index (κ1) is 12.0. The van der Waals surface area contributed by atoms with Crippen LogP contribution >= 0.6 is 0 Å². The third kappa shape index (κ3) is 4.42. The Labute approximate surface area is 87.0 Å². The van der Waals surface area contributed by atoms with Gasteiger partial charge >= 0.3 is 0 Å². The Morgan fingerprint density at radius 1 is 1.14 bits per heavy atom. The Morgan fingerprint density at radius 3 is 2.07 bits per heavy atom. The van der Waals surface area contributed by atoms with Crippen LogP contribution in [-0.4, -0.2) is 21.3 Å². The van der Waals surface area contributed by atoms with Gasteiger partial charge in [-0.1, -0.05) is 26.2 Å². The van der Waals surface area contributed by atoms with Crippen LogP contribution in [0.25, 0.3) is 0 Å². The zero-order valence-corrected chi connectivity index (χ0v) is 9.85. The third-order valence-corrected chi connectivity index (χ3v) is 3.63. The van der Waals surface area contributed by atoms with Gasteiger partial charge in [-0.05, 0) is 24.7 Å². The van der Waals surface area contributed by atoms with E-state index < -0.39 is 10.1 Å². The van der Waals surface area contributed by atoms with Crippen LogP contribution in [-0.2, 0) is 14.3 Å². The summed E-state index contributed by atoms with van der Waals surface area (Å²) in [5.74, 6) is 1.30. The summed E-state index contributed by atoms with van der Waals surface area (Å²) in [7, 11) is -3.24. The molecule has 1 aliphatic rings. The first-order valence-electron chi connectivity index (χ1n) is 5.35. The number of hydrogen-bond donors (Lipinski definition) is 0. The quantitative estimate of drug-likeness (QED) is 0.682. The van der Waals surface area contributed by atoms with E-state index in [1.54, 1.807) is 0 Å². The van der Waals surface area contributed by atoms with Gasteiger partial charge in [0, 0.05) is 0 Å². The van der Waals surface area contributed by atoms with E-state index in [1.165, 1.54) is 19.3 Å². The highest BCUT2D eigenvalue weighted by molar-refractivity contribution is 7.85. The zero-order valence-electron chi connectivity index (χ0n) is 9.03. The van der Waals surface area contributed by atoms with Crippen molar-refractivity contribution in [2.24, 2.45) is 11.8 Å². The molecule has 0 saturated heterocycles. The summed E-state index contributed by atoms with van der Waals surface area (Å²) in [6.45, 7) is 2.60. The van der Waals surface area contributed by atoms with E-state index in [-0.39, 0.29) is 0 Å². The van der Waals surface area contributed by atoms with Crippen LogP contribution in [0.2, 0.25) is 0 Å². The summed E-state index contributed by atoms with van der Waals surface area (Å²) in [4.78, 5) is 0. The second kappa shape index (κ2) is 5.12. The summed E-state index contributed by atoms with van der Waals surface area (Å²) in [5.41, 5.74) is 0. The van der Waals surface area contributed by atoms with Gasteiger partial charge in [0.1, 0.15) is 0 Å². The molecule has 0 heterocycles. The van der Waals surface area contributed by atoms with Crippen molar-refractivity contribution < 1.29 is 12.6 Å². The normalized spacial score (nSPS) is 29.0. The van der Waals surface area contributed by atoms with Crippen molar-refractivity contribution in [3.05, 3.63) is 0 Å². The molecular formula is C10H20O3S. The van der Waals surface area contributed by atoms with Gasteiger partial charge in [-0.2, -0.15) is 8.42 Å². The minimum absolute atomic E-state index is 0.384. The van der Waals surface area contributed by atoms with E-state index in [9.17, 15) is 8.42 Å². The SMILES string of the molecule is CCC1CCC(COS(C)(=O)=O)CC1. The molecule has 0 aromatic heterocycles. The Balaban J connectivity index is 2.23. The van der Waals surface area contributed by atoms with E-state index in [0.29, 0.717) is 12.5 Å². The van der Waals surface area contributed by atoms with E-state index in [1.807, 2.05) is 0 Å². The average molecular weight is 220 g/mol. The number of hydrogen-bond acceptors (Lipinski definition) is 3. The first-order valence-corrected chi connectivity index (χ1v) is 7.17. The molecule has 0 aromatic rings. The molecule has 1 fully saturated rings. The molecule has 0 unspecified atom stereocenters. The molecule has 0 spiro atoms. The van der Waals surface area contributed by atoms with Crippen LogP contribution in [0, 0.1) is 11.8 Å². The number of rotatable bonds is 4. The minimum Gasteiger partial charge on any atom is -0.270 e. The maximum absolute atomic E-state index is 10.8. The lowest BCUT2D eigenvalue weighted by molar-refractivity contribution is 0.186. The molecule has 84 valence electrons. The highest BCUT2D eigenvalue weighted by Gasteiger charge is 2.21. The van der Waals surface area contributed by atoms with E-state index >= 15 is 0 Å². The van der Waals surface area contributed by atoms with Gasteiger partial charge in [-0.15, -0.1) is 0 Å². The lowest BCUT2D eigenvalue weighted by Crippen LogP contribution is -2.19. The van der Waals surface area contributed by atoms with Crippen LogP contribution in [0.3, 0.4) is 0 Å². The predicted molar refractivity (Wildman–Crippen MR) is 56.5 cm³/mol. The molecule has 3 nitrogen and oxygen atoms in total. The van der Waals surface area contributed by atoms with Gasteiger partial charge in [0.15, 0.2) is 0 Å². The van der Waals surface area contributed by atoms with Crippen LogP contribution < -0.4 is 0 Å². The van der Waals surface area contributed by atoms with Crippen LogP contribution in [0.15, 0.2) is 0 Å². The standard InChI is InChI=1S/C10H20O3S/c1-3-9-4-6-10(7-5-9)8-13-14(2,11)12/h9-10H,3-8H2,1-2H3. The molecule has 14 heavy (non-hydrogen) atoms. The molecule has 0 bridgehead atoms. The van der Waals surface area contributed by atoms with Crippen molar-refractivity contribution in [3.8, 4) is 0 Å². The highest BCUT2D eigenvalue weighted by Crippen LogP contribution is 2.30. The fraction of sp³-hybridized carbons (Fsp3) is 1.00. The minimum atomic E-state index is -3.24. The predicted octanol–water partition coefficient (Wildman–Crippen LogP) is 2.18. The summed E-state index contributed by atoms with van der Waals surface area (Å²) >= 11 is 0. The summed E-state index contributed by atoms with van der Waals surface area (Å²) < 4.78 is 26.4. The van der Waals surface area contributed by atoms with E-state index in [4.69, 9.17) is 4.18 Å². The highest BCUT2D eigenvalue weighted by atomic mass is 32.2. The fourth-order valence-corrected chi connectivity index (χ4v) is 2.47. The average Bonchev–Trinajstić information content (AvgIpc) is 2.14. The molecule has 0 amide bonds. The molecule has 0 N–H and O–H groups in total. The Hall–Kier alpha value is -0.0900. The largest absolute Gasteiger partial charge is 0.270 e. The third-order valence-electron chi connectivity index (χ3n) is 3.06. The maximum Gasteiger partial charge on any atom is 0.264 e. The zero-order chi connectivity index (χ0) is 10.6. The molecule has 0 radical (unpaired) electrons. The monoisotopic (exact) mass is 220 g/mol. The van der Waals surface area contributed by atoms with E-state index in [2.05, 4.69) is 6.92 Å². The van der Waals surface area contributed by atoms with Gasteiger partial charge in [-0.3, -0.25) is 4.18 Å². The maximum atomic E-state index is 10.8. The van der Waals surface area contributed by atoms with Gasteiger partial charge < -0.3 is 0 Å². The van der Waals surface area contributed by atoms with Gasteiger partial charge in [0.25, 0.3) is 10.1 Å². The van der Waals surface area contributed by atoms with Crippen molar-refractivity contribution in [2.75, 3.05) is 12.9 Å². The van der Waals surface area contributed by atoms with Crippen LogP contribution in [0.4, 0.5) is 0 Å². The molecule has 1 aliphatic carbocycles. The molecule has 0 atom stereocenters. The summed E-state index contributed by atoms with van der Waals surface area (Å²) in [6, 6.07) is 0. The van der Waals surface area contributed by atoms with Crippen LogP contribution in [0.1, 0.15) is 39.0 Å². The molecule has 0 aromatic carbocycles.